The van der Waals surface area contributed by atoms with Crippen LogP contribution in [0.4, 0.5) is 4.39 Å². The van der Waals surface area contributed by atoms with Gasteiger partial charge in [0.1, 0.15) is 17.3 Å². The lowest BCUT2D eigenvalue weighted by atomic mass is 10.0. The number of ether oxygens (including phenoxy) is 2. The number of rotatable bonds is 4. The van der Waals surface area contributed by atoms with Crippen LogP contribution in [0.2, 0.25) is 0 Å². The largest absolute Gasteiger partial charge is 0.497 e. The first-order chi connectivity index (χ1) is 9.56. The molecule has 2 rings (SSSR count). The number of hydrogen-bond donors (Lipinski definition) is 0. The average Bonchev–Trinajstić information content (AvgIpc) is 2.49. The summed E-state index contributed by atoms with van der Waals surface area (Å²) in [4.78, 5) is 12.4. The summed E-state index contributed by atoms with van der Waals surface area (Å²) < 4.78 is 23.8. The molecule has 0 aliphatic heterocycles. The third kappa shape index (κ3) is 2.82. The van der Waals surface area contributed by atoms with Crippen molar-refractivity contribution >= 4 is 21.7 Å². The van der Waals surface area contributed by atoms with E-state index < -0.39 is 5.82 Å². The quantitative estimate of drug-likeness (QED) is 0.794. The molecule has 0 radical (unpaired) electrons. The minimum absolute atomic E-state index is 0.200. The molecule has 0 spiro atoms. The van der Waals surface area contributed by atoms with E-state index in [1.165, 1.54) is 19.2 Å². The average molecular weight is 339 g/mol. The van der Waals surface area contributed by atoms with Crippen LogP contribution in [0, 0.1) is 5.82 Å². The Labute approximate surface area is 124 Å². The second-order valence-electron chi connectivity index (χ2n) is 4.02. The van der Waals surface area contributed by atoms with Gasteiger partial charge in [-0.25, -0.2) is 4.39 Å². The molecule has 0 fully saturated rings. The van der Waals surface area contributed by atoms with Crippen LogP contribution in [0.1, 0.15) is 15.9 Å². The van der Waals surface area contributed by atoms with Gasteiger partial charge in [0.15, 0.2) is 5.78 Å². The normalized spacial score (nSPS) is 10.2. The fraction of sp³-hybridized carbons (Fsp3) is 0.133. The summed E-state index contributed by atoms with van der Waals surface area (Å²) in [5.41, 5.74) is 0.772. The Morgan fingerprint density at radius 3 is 2.30 bits per heavy atom. The first-order valence-electron chi connectivity index (χ1n) is 5.78. The molecule has 0 atom stereocenters. The molecule has 0 saturated carbocycles. The van der Waals surface area contributed by atoms with Gasteiger partial charge < -0.3 is 9.47 Å². The molecule has 0 aliphatic carbocycles. The highest BCUT2D eigenvalue weighted by molar-refractivity contribution is 9.10. The summed E-state index contributed by atoms with van der Waals surface area (Å²) in [5.74, 6) is 0.138. The minimum Gasteiger partial charge on any atom is -0.497 e. The van der Waals surface area contributed by atoms with Gasteiger partial charge >= 0.3 is 0 Å². The summed E-state index contributed by atoms with van der Waals surface area (Å²) in [6, 6.07) is 9.29. The highest BCUT2D eigenvalue weighted by Crippen LogP contribution is 2.28. The van der Waals surface area contributed by atoms with Crippen LogP contribution in [-0.4, -0.2) is 20.0 Å². The summed E-state index contributed by atoms with van der Waals surface area (Å²) >= 11 is 3.07. The maximum Gasteiger partial charge on any atom is 0.196 e. The first-order valence-corrected chi connectivity index (χ1v) is 6.58. The molecule has 0 amide bonds. The topological polar surface area (TPSA) is 35.5 Å². The molecule has 2 aromatic carbocycles. The monoisotopic (exact) mass is 338 g/mol. The van der Waals surface area contributed by atoms with Crippen molar-refractivity contribution in [2.45, 2.75) is 0 Å². The molecule has 104 valence electrons. The van der Waals surface area contributed by atoms with Gasteiger partial charge in [-0.15, -0.1) is 0 Å². The Balaban J connectivity index is 2.44. The summed E-state index contributed by atoms with van der Waals surface area (Å²) in [6.45, 7) is 0. The molecular weight excluding hydrogens is 327 g/mol. The number of benzene rings is 2. The fourth-order valence-electron chi connectivity index (χ4n) is 1.77. The smallest absolute Gasteiger partial charge is 0.196 e. The van der Waals surface area contributed by atoms with Crippen molar-refractivity contribution in [3.05, 3.63) is 57.8 Å². The van der Waals surface area contributed by atoms with Gasteiger partial charge in [0.2, 0.25) is 0 Å². The maximum absolute atomic E-state index is 13.5. The molecule has 0 bridgehead atoms. The van der Waals surface area contributed by atoms with E-state index in [9.17, 15) is 9.18 Å². The van der Waals surface area contributed by atoms with Crippen LogP contribution < -0.4 is 9.47 Å². The van der Waals surface area contributed by atoms with E-state index in [4.69, 9.17) is 9.47 Å². The van der Waals surface area contributed by atoms with E-state index in [2.05, 4.69) is 15.9 Å². The van der Waals surface area contributed by atoms with Gasteiger partial charge in [0.05, 0.1) is 24.3 Å². The molecule has 20 heavy (non-hydrogen) atoms. The van der Waals surface area contributed by atoms with Gasteiger partial charge in [0.25, 0.3) is 0 Å². The molecule has 0 aliphatic rings. The van der Waals surface area contributed by atoms with E-state index in [0.717, 1.165) is 0 Å². The highest BCUT2D eigenvalue weighted by atomic mass is 79.9. The zero-order valence-corrected chi connectivity index (χ0v) is 12.5. The number of hydrogen-bond acceptors (Lipinski definition) is 3. The number of carbonyl (C=O) groups excluding carboxylic acids is 1. The van der Waals surface area contributed by atoms with Crippen molar-refractivity contribution < 1.29 is 18.7 Å². The van der Waals surface area contributed by atoms with E-state index in [1.807, 2.05) is 0 Å². The summed E-state index contributed by atoms with van der Waals surface area (Å²) in [7, 11) is 2.95. The third-order valence-corrected chi connectivity index (χ3v) is 3.45. The molecule has 0 heterocycles. The first kappa shape index (κ1) is 14.5. The highest BCUT2D eigenvalue weighted by Gasteiger charge is 2.17. The van der Waals surface area contributed by atoms with Crippen molar-refractivity contribution in [1.82, 2.24) is 0 Å². The number of methoxy groups -OCH3 is 2. The number of halogens is 2. The van der Waals surface area contributed by atoms with Crippen LogP contribution in [0.3, 0.4) is 0 Å². The minimum atomic E-state index is -0.479. The van der Waals surface area contributed by atoms with E-state index in [1.54, 1.807) is 31.4 Å². The van der Waals surface area contributed by atoms with Crippen molar-refractivity contribution in [3.8, 4) is 11.5 Å². The second kappa shape index (κ2) is 6.05. The molecule has 0 N–H and O–H groups in total. The van der Waals surface area contributed by atoms with Gasteiger partial charge in [-0.2, -0.15) is 0 Å². The lowest BCUT2D eigenvalue weighted by Crippen LogP contribution is -2.05. The van der Waals surface area contributed by atoms with Gasteiger partial charge in [-0.1, -0.05) is 0 Å². The Kier molecular flexibility index (Phi) is 4.39. The second-order valence-corrected chi connectivity index (χ2v) is 4.88. The number of ketones is 1. The predicted octanol–water partition coefficient (Wildman–Crippen LogP) is 3.84. The molecule has 0 saturated heterocycles. The molecular formula is C15H12BrFO3. The Bertz CT molecular complexity index is 638. The van der Waals surface area contributed by atoms with Crippen molar-refractivity contribution in [3.63, 3.8) is 0 Å². The van der Waals surface area contributed by atoms with Crippen molar-refractivity contribution in [2.75, 3.05) is 14.2 Å². The Morgan fingerprint density at radius 2 is 1.75 bits per heavy atom. The van der Waals surface area contributed by atoms with Crippen LogP contribution >= 0.6 is 15.9 Å². The van der Waals surface area contributed by atoms with Crippen LogP contribution in [0.15, 0.2) is 40.9 Å². The summed E-state index contributed by atoms with van der Waals surface area (Å²) in [5, 5.41) is 0. The predicted molar refractivity (Wildman–Crippen MR) is 77.1 cm³/mol. The molecule has 0 aromatic heterocycles. The molecule has 2 aromatic rings. The fourth-order valence-corrected chi connectivity index (χ4v) is 2.12. The maximum atomic E-state index is 13.5. The van der Waals surface area contributed by atoms with Crippen LogP contribution in [0.25, 0.3) is 0 Å². The van der Waals surface area contributed by atoms with Crippen LogP contribution in [-0.2, 0) is 0 Å². The van der Waals surface area contributed by atoms with E-state index in [-0.39, 0.29) is 16.0 Å². The SMILES string of the molecule is COc1ccc(C(=O)c2cc(Br)c(F)cc2OC)cc1. The van der Waals surface area contributed by atoms with Gasteiger partial charge in [-0.3, -0.25) is 4.79 Å². The van der Waals surface area contributed by atoms with Crippen molar-refractivity contribution in [2.24, 2.45) is 0 Å². The summed E-state index contributed by atoms with van der Waals surface area (Å²) in [6.07, 6.45) is 0. The number of carbonyl (C=O) groups is 1. The lowest BCUT2D eigenvalue weighted by Gasteiger charge is -2.09. The van der Waals surface area contributed by atoms with Crippen LogP contribution in [0.5, 0.6) is 11.5 Å². The molecule has 0 unspecified atom stereocenters. The van der Waals surface area contributed by atoms with Gasteiger partial charge in [-0.05, 0) is 46.3 Å². The lowest BCUT2D eigenvalue weighted by molar-refractivity contribution is 0.103. The third-order valence-electron chi connectivity index (χ3n) is 2.84. The van der Waals surface area contributed by atoms with E-state index >= 15 is 0 Å². The van der Waals surface area contributed by atoms with E-state index in [0.29, 0.717) is 16.9 Å². The molecule has 3 nitrogen and oxygen atoms in total. The zero-order valence-electron chi connectivity index (χ0n) is 10.9. The zero-order chi connectivity index (χ0) is 14.7. The standard InChI is InChI=1S/C15H12BrFO3/c1-19-10-5-3-9(4-6-10)15(18)11-7-12(16)13(17)8-14(11)20-2/h3-8H,1-2H3. The Morgan fingerprint density at radius 1 is 1.10 bits per heavy atom. The Hall–Kier alpha value is -1.88. The van der Waals surface area contributed by atoms with Crippen molar-refractivity contribution in [1.29, 1.82) is 0 Å². The van der Waals surface area contributed by atoms with Gasteiger partial charge in [0, 0.05) is 11.6 Å². The molecule has 5 heteroatoms.